The van der Waals surface area contributed by atoms with Crippen molar-refractivity contribution in [3.8, 4) is 11.1 Å². The number of carboxylic acids is 1. The molecule has 0 saturated heterocycles. The molecule has 2 N–H and O–H groups in total. The third-order valence-electron chi connectivity index (χ3n) is 6.94. The average molecular weight is 579 g/mol. The van der Waals surface area contributed by atoms with Gasteiger partial charge in [0, 0.05) is 24.2 Å². The van der Waals surface area contributed by atoms with Gasteiger partial charge in [-0.2, -0.15) is 13.2 Å². The number of hydrogen-bond donors (Lipinski definition) is 2. The molecule has 42 heavy (non-hydrogen) atoms. The SMILES string of the molecule is C[C@H](NC(=O)c1cc(-c2cc(F)cc(F)c2)cc2ccn(Cc3ccc(C(F)(F)F)cc3)c12)c1ccc(C(=O)O)cc1. The van der Waals surface area contributed by atoms with Crippen LogP contribution in [0.1, 0.15) is 50.4 Å². The van der Waals surface area contributed by atoms with Crippen LogP contribution in [0.5, 0.6) is 0 Å². The lowest BCUT2D eigenvalue weighted by molar-refractivity contribution is -0.137. The minimum absolute atomic E-state index is 0.0927. The first-order chi connectivity index (χ1) is 19.9. The Labute approximate surface area is 236 Å². The van der Waals surface area contributed by atoms with E-state index in [-0.39, 0.29) is 23.2 Å². The molecule has 0 aliphatic rings. The molecule has 0 saturated carbocycles. The van der Waals surface area contributed by atoms with E-state index >= 15 is 0 Å². The standard InChI is InChI=1S/C32H23F5N2O3/c1-18(20-4-6-21(7-5-20)31(41)42)38-30(40)28-15-23(24-13-26(33)16-27(34)14-24)12-22-10-11-39(29(22)28)17-19-2-8-25(9-3-19)32(35,36)37/h2-16,18H,17H2,1H3,(H,38,40)(H,41,42)/t18-/m0/s1. The average Bonchev–Trinajstić information content (AvgIpc) is 3.34. The van der Waals surface area contributed by atoms with Crippen molar-refractivity contribution in [3.63, 3.8) is 0 Å². The van der Waals surface area contributed by atoms with Crippen LogP contribution < -0.4 is 5.32 Å². The summed E-state index contributed by atoms with van der Waals surface area (Å²) in [4.78, 5) is 24.9. The second kappa shape index (κ2) is 11.1. The minimum atomic E-state index is -4.47. The van der Waals surface area contributed by atoms with Gasteiger partial charge >= 0.3 is 12.1 Å². The normalized spacial score (nSPS) is 12.3. The van der Waals surface area contributed by atoms with Gasteiger partial charge < -0.3 is 15.0 Å². The molecule has 5 nitrogen and oxygen atoms in total. The van der Waals surface area contributed by atoms with E-state index in [4.69, 9.17) is 5.11 Å². The highest BCUT2D eigenvalue weighted by Crippen LogP contribution is 2.32. The van der Waals surface area contributed by atoms with Crippen LogP contribution in [0, 0.1) is 11.6 Å². The van der Waals surface area contributed by atoms with E-state index in [1.807, 2.05) is 0 Å². The van der Waals surface area contributed by atoms with Crippen molar-refractivity contribution < 1.29 is 36.6 Å². The largest absolute Gasteiger partial charge is 0.478 e. The fourth-order valence-electron chi connectivity index (χ4n) is 4.81. The molecule has 1 amide bonds. The van der Waals surface area contributed by atoms with Crippen LogP contribution in [0.15, 0.2) is 91.1 Å². The molecule has 0 spiro atoms. The molecule has 1 atom stereocenters. The molecule has 1 heterocycles. The Hall–Kier alpha value is -4.99. The maximum absolute atomic E-state index is 14.0. The van der Waals surface area contributed by atoms with E-state index in [0.717, 1.165) is 30.3 Å². The number of benzene rings is 4. The van der Waals surface area contributed by atoms with E-state index in [0.29, 0.717) is 27.6 Å². The Kier molecular flexibility index (Phi) is 7.55. The zero-order chi connectivity index (χ0) is 30.2. The van der Waals surface area contributed by atoms with Gasteiger partial charge in [0.25, 0.3) is 5.91 Å². The van der Waals surface area contributed by atoms with E-state index in [1.54, 1.807) is 42.0 Å². The molecule has 4 aromatic carbocycles. The number of hydrogen-bond acceptors (Lipinski definition) is 2. The number of fused-ring (bicyclic) bond motifs is 1. The molecular formula is C32H23F5N2O3. The van der Waals surface area contributed by atoms with Gasteiger partial charge in [0.1, 0.15) is 11.6 Å². The number of halogens is 5. The number of carboxylic acid groups (broad SMARTS) is 1. The zero-order valence-electron chi connectivity index (χ0n) is 22.0. The van der Waals surface area contributed by atoms with Crippen LogP contribution in [0.4, 0.5) is 22.0 Å². The lowest BCUT2D eigenvalue weighted by atomic mass is 9.99. The smallest absolute Gasteiger partial charge is 0.416 e. The van der Waals surface area contributed by atoms with Crippen LogP contribution in [-0.2, 0) is 12.7 Å². The maximum Gasteiger partial charge on any atom is 0.416 e. The Morgan fingerprint density at radius 1 is 0.857 bits per heavy atom. The van der Waals surface area contributed by atoms with Crippen molar-refractivity contribution >= 4 is 22.8 Å². The van der Waals surface area contributed by atoms with Gasteiger partial charge in [0.15, 0.2) is 0 Å². The van der Waals surface area contributed by atoms with Crippen LogP contribution in [0.2, 0.25) is 0 Å². The van der Waals surface area contributed by atoms with Gasteiger partial charge in [-0.3, -0.25) is 4.79 Å². The zero-order valence-corrected chi connectivity index (χ0v) is 22.0. The minimum Gasteiger partial charge on any atom is -0.478 e. The van der Waals surface area contributed by atoms with Gasteiger partial charge in [-0.15, -0.1) is 0 Å². The highest BCUT2D eigenvalue weighted by molar-refractivity contribution is 6.08. The number of nitrogens with zero attached hydrogens (tertiary/aromatic N) is 1. The molecule has 0 fully saturated rings. The maximum atomic E-state index is 14.0. The fourth-order valence-corrected chi connectivity index (χ4v) is 4.81. The van der Waals surface area contributed by atoms with Crippen molar-refractivity contribution in [1.82, 2.24) is 9.88 Å². The topological polar surface area (TPSA) is 71.3 Å². The van der Waals surface area contributed by atoms with Gasteiger partial charge in [-0.25, -0.2) is 13.6 Å². The third-order valence-corrected chi connectivity index (χ3v) is 6.94. The molecule has 0 radical (unpaired) electrons. The highest BCUT2D eigenvalue weighted by atomic mass is 19.4. The second-order valence-corrected chi connectivity index (χ2v) is 9.88. The van der Waals surface area contributed by atoms with Gasteiger partial charge in [0.2, 0.25) is 0 Å². The van der Waals surface area contributed by atoms with Crippen LogP contribution >= 0.6 is 0 Å². The van der Waals surface area contributed by atoms with E-state index in [1.165, 1.54) is 30.3 Å². The van der Waals surface area contributed by atoms with Crippen LogP contribution in [-0.4, -0.2) is 21.6 Å². The lowest BCUT2D eigenvalue weighted by Gasteiger charge is -2.17. The second-order valence-electron chi connectivity index (χ2n) is 9.88. The molecule has 0 aliphatic heterocycles. The van der Waals surface area contributed by atoms with E-state index in [9.17, 15) is 31.5 Å². The van der Waals surface area contributed by atoms with Crippen LogP contribution in [0.3, 0.4) is 0 Å². The Morgan fingerprint density at radius 3 is 2.07 bits per heavy atom. The summed E-state index contributed by atoms with van der Waals surface area (Å²) in [6.07, 6.45) is -2.79. The third kappa shape index (κ3) is 6.02. The van der Waals surface area contributed by atoms with Crippen molar-refractivity contribution in [2.24, 2.45) is 0 Å². The quantitative estimate of drug-likeness (QED) is 0.193. The summed E-state index contributed by atoms with van der Waals surface area (Å²) in [6, 6.07) is 18.1. The molecule has 5 aromatic rings. The molecule has 214 valence electrons. The molecule has 0 aliphatic carbocycles. The summed E-state index contributed by atoms with van der Waals surface area (Å²) >= 11 is 0. The lowest BCUT2D eigenvalue weighted by Crippen LogP contribution is -2.27. The number of carbonyl (C=O) groups excluding carboxylic acids is 1. The van der Waals surface area contributed by atoms with Crippen LogP contribution in [0.25, 0.3) is 22.0 Å². The molecule has 5 rings (SSSR count). The van der Waals surface area contributed by atoms with Gasteiger partial charge in [0.05, 0.1) is 28.2 Å². The molecule has 0 unspecified atom stereocenters. The van der Waals surface area contributed by atoms with E-state index in [2.05, 4.69) is 5.32 Å². The Balaban J connectivity index is 1.55. The summed E-state index contributed by atoms with van der Waals surface area (Å²) in [5.41, 5.74) is 1.78. The number of carbonyl (C=O) groups is 2. The summed E-state index contributed by atoms with van der Waals surface area (Å²) in [7, 11) is 0. The summed E-state index contributed by atoms with van der Waals surface area (Å²) in [5, 5.41) is 12.6. The number of nitrogens with one attached hydrogen (secondary N) is 1. The highest BCUT2D eigenvalue weighted by Gasteiger charge is 2.30. The first-order valence-corrected chi connectivity index (χ1v) is 12.8. The van der Waals surface area contributed by atoms with Gasteiger partial charge in [-0.1, -0.05) is 24.3 Å². The number of aromatic nitrogens is 1. The van der Waals surface area contributed by atoms with Gasteiger partial charge in [-0.05, 0) is 83.8 Å². The van der Waals surface area contributed by atoms with Crippen molar-refractivity contribution in [2.45, 2.75) is 25.7 Å². The molecule has 0 bridgehead atoms. The van der Waals surface area contributed by atoms with Crippen molar-refractivity contribution in [3.05, 3.63) is 131 Å². The summed E-state index contributed by atoms with van der Waals surface area (Å²) in [5.74, 6) is -3.16. The van der Waals surface area contributed by atoms with E-state index < -0.39 is 41.3 Å². The number of alkyl halides is 3. The Bertz CT molecular complexity index is 1770. The molecule has 10 heteroatoms. The summed E-state index contributed by atoms with van der Waals surface area (Å²) < 4.78 is 68.9. The predicted octanol–water partition coefficient (Wildman–Crippen LogP) is 7.84. The fraction of sp³-hybridized carbons (Fsp3) is 0.125. The monoisotopic (exact) mass is 578 g/mol. The summed E-state index contributed by atoms with van der Waals surface area (Å²) in [6.45, 7) is 1.87. The first-order valence-electron chi connectivity index (χ1n) is 12.8. The predicted molar refractivity (Wildman–Crippen MR) is 147 cm³/mol. The Morgan fingerprint density at radius 2 is 1.48 bits per heavy atom. The molecular weight excluding hydrogens is 555 g/mol. The number of aromatic carboxylic acids is 1. The first kappa shape index (κ1) is 28.5. The number of amides is 1. The molecule has 1 aromatic heterocycles. The van der Waals surface area contributed by atoms with Crippen molar-refractivity contribution in [2.75, 3.05) is 0 Å². The van der Waals surface area contributed by atoms with Crippen molar-refractivity contribution in [1.29, 1.82) is 0 Å². The number of rotatable bonds is 7.